The second kappa shape index (κ2) is 8.01. The third-order valence-electron chi connectivity index (χ3n) is 4.11. The molecule has 1 aromatic carbocycles. The summed E-state index contributed by atoms with van der Waals surface area (Å²) in [7, 11) is 0. The molecule has 0 spiro atoms. The predicted octanol–water partition coefficient (Wildman–Crippen LogP) is 4.67. The van der Waals surface area contributed by atoms with Crippen LogP contribution in [0, 0.1) is 20.8 Å². The summed E-state index contributed by atoms with van der Waals surface area (Å²) < 4.78 is 6.10. The number of ether oxygens (including phenoxy) is 1. The van der Waals surface area contributed by atoms with Crippen molar-refractivity contribution in [2.45, 2.75) is 47.6 Å². The van der Waals surface area contributed by atoms with Gasteiger partial charge in [0.05, 0.1) is 5.56 Å². The molecule has 25 heavy (non-hydrogen) atoms. The van der Waals surface area contributed by atoms with E-state index in [1.54, 1.807) is 0 Å². The molecule has 0 unspecified atom stereocenters. The maximum absolute atomic E-state index is 9.64. The van der Waals surface area contributed by atoms with Gasteiger partial charge in [0.25, 0.3) is 0 Å². The van der Waals surface area contributed by atoms with E-state index in [1.165, 1.54) is 5.56 Å². The number of hydrogen-bond donors (Lipinski definition) is 1. The Kier molecular flexibility index (Phi) is 6.02. The van der Waals surface area contributed by atoms with E-state index in [0.717, 1.165) is 17.0 Å². The van der Waals surface area contributed by atoms with E-state index in [4.69, 9.17) is 4.74 Å². The van der Waals surface area contributed by atoms with Gasteiger partial charge in [-0.3, -0.25) is 0 Å². The van der Waals surface area contributed by atoms with Gasteiger partial charge in [0.15, 0.2) is 5.84 Å². The van der Waals surface area contributed by atoms with E-state index < -0.39 is 0 Å². The lowest BCUT2D eigenvalue weighted by Crippen LogP contribution is -2.37. The lowest BCUT2D eigenvalue weighted by molar-refractivity contribution is 0.289. The highest BCUT2D eigenvalue weighted by Gasteiger charge is 2.21. The van der Waals surface area contributed by atoms with E-state index in [2.05, 4.69) is 30.1 Å². The molecule has 0 radical (unpaired) electrons. The van der Waals surface area contributed by atoms with Crippen LogP contribution in [0.15, 0.2) is 35.5 Å². The number of rotatable bonds is 5. The molecule has 2 rings (SSSR count). The van der Waals surface area contributed by atoms with Crippen LogP contribution in [0.2, 0.25) is 0 Å². The summed E-state index contributed by atoms with van der Waals surface area (Å²) in [5, 5.41) is 13.2. The third-order valence-corrected chi connectivity index (χ3v) is 4.11. The molecule has 0 amide bonds. The maximum Gasteiger partial charge on any atom is 0.230 e. The number of oxime groups is 1. The molecule has 2 aromatic rings. The molecule has 0 atom stereocenters. The lowest BCUT2D eigenvalue weighted by atomic mass is 10.1. The predicted molar refractivity (Wildman–Crippen MR) is 101 cm³/mol. The molecule has 5 heteroatoms. The molecular weight excluding hydrogens is 314 g/mol. The Hall–Kier alpha value is -2.56. The number of benzene rings is 1. The van der Waals surface area contributed by atoms with Gasteiger partial charge in [0.2, 0.25) is 5.88 Å². The summed E-state index contributed by atoms with van der Waals surface area (Å²) in [6.45, 7) is 12.8. The fourth-order valence-corrected chi connectivity index (χ4v) is 2.82. The molecule has 0 saturated carbocycles. The van der Waals surface area contributed by atoms with Crippen molar-refractivity contribution in [3.8, 4) is 11.6 Å². The van der Waals surface area contributed by atoms with Gasteiger partial charge in [-0.1, -0.05) is 22.9 Å². The van der Waals surface area contributed by atoms with Gasteiger partial charge in [0, 0.05) is 18.3 Å². The molecule has 134 valence electrons. The summed E-state index contributed by atoms with van der Waals surface area (Å²) in [4.78, 5) is 6.54. The topological polar surface area (TPSA) is 58.0 Å². The third kappa shape index (κ3) is 4.29. The van der Waals surface area contributed by atoms with Crippen molar-refractivity contribution in [3.63, 3.8) is 0 Å². The molecular formula is C20H27N3O2. The first-order valence-electron chi connectivity index (χ1n) is 8.59. The van der Waals surface area contributed by atoms with Gasteiger partial charge in [0.1, 0.15) is 5.75 Å². The zero-order valence-corrected chi connectivity index (χ0v) is 15.9. The standard InChI is InChI=1S/C20H27N3O2/c1-7-23(13(2)3)19(22-24)17-10-9-16(6)21-20(17)25-18-11-8-14(4)12-15(18)5/h8-13,24H,7H2,1-6H3/b22-19-. The van der Waals surface area contributed by atoms with Crippen LogP contribution < -0.4 is 4.74 Å². The maximum atomic E-state index is 9.64. The summed E-state index contributed by atoms with van der Waals surface area (Å²) in [6, 6.07) is 9.98. The van der Waals surface area contributed by atoms with Crippen molar-refractivity contribution in [2.75, 3.05) is 6.54 Å². The summed E-state index contributed by atoms with van der Waals surface area (Å²) in [5.41, 5.74) is 3.72. The van der Waals surface area contributed by atoms with Crippen molar-refractivity contribution < 1.29 is 9.94 Å². The number of aryl methyl sites for hydroxylation is 3. The normalized spacial score (nSPS) is 11.7. The Morgan fingerprint density at radius 1 is 1.20 bits per heavy atom. The molecule has 0 saturated heterocycles. The summed E-state index contributed by atoms with van der Waals surface area (Å²) in [5.74, 6) is 1.65. The van der Waals surface area contributed by atoms with Crippen LogP contribution in [0.4, 0.5) is 0 Å². The molecule has 1 aromatic heterocycles. The quantitative estimate of drug-likeness (QED) is 0.372. The van der Waals surface area contributed by atoms with Gasteiger partial charge in [-0.25, -0.2) is 4.98 Å². The fraction of sp³-hybridized carbons (Fsp3) is 0.400. The van der Waals surface area contributed by atoms with E-state index in [-0.39, 0.29) is 6.04 Å². The highest BCUT2D eigenvalue weighted by molar-refractivity contribution is 6.00. The largest absolute Gasteiger partial charge is 0.438 e. The number of amidine groups is 1. The number of hydrogen-bond acceptors (Lipinski definition) is 4. The zero-order chi connectivity index (χ0) is 18.6. The number of pyridine rings is 1. The molecule has 1 N–H and O–H groups in total. The number of aromatic nitrogens is 1. The fourth-order valence-electron chi connectivity index (χ4n) is 2.82. The van der Waals surface area contributed by atoms with Gasteiger partial charge in [-0.05, 0) is 65.3 Å². The minimum absolute atomic E-state index is 0.186. The second-order valence-electron chi connectivity index (χ2n) is 6.48. The van der Waals surface area contributed by atoms with Crippen LogP contribution >= 0.6 is 0 Å². The highest BCUT2D eigenvalue weighted by Crippen LogP contribution is 2.28. The molecule has 1 heterocycles. The summed E-state index contributed by atoms with van der Waals surface area (Å²) >= 11 is 0. The zero-order valence-electron chi connectivity index (χ0n) is 15.9. The highest BCUT2D eigenvalue weighted by atomic mass is 16.5. The SMILES string of the molecule is CCN(/C(=N\O)c1ccc(C)nc1Oc1ccc(C)cc1C)C(C)C. The van der Waals surface area contributed by atoms with Crippen molar-refractivity contribution >= 4 is 5.84 Å². The van der Waals surface area contributed by atoms with Gasteiger partial charge in [-0.2, -0.15) is 0 Å². The Morgan fingerprint density at radius 3 is 2.48 bits per heavy atom. The van der Waals surface area contributed by atoms with Crippen LogP contribution in [0.5, 0.6) is 11.6 Å². The smallest absolute Gasteiger partial charge is 0.230 e. The van der Waals surface area contributed by atoms with Crippen molar-refractivity contribution in [1.82, 2.24) is 9.88 Å². The van der Waals surface area contributed by atoms with Crippen LogP contribution in [0.3, 0.4) is 0 Å². The van der Waals surface area contributed by atoms with Gasteiger partial charge >= 0.3 is 0 Å². The second-order valence-corrected chi connectivity index (χ2v) is 6.48. The molecule has 5 nitrogen and oxygen atoms in total. The van der Waals surface area contributed by atoms with Crippen LogP contribution in [-0.4, -0.2) is 33.5 Å². The van der Waals surface area contributed by atoms with E-state index in [0.29, 0.717) is 23.8 Å². The first-order chi connectivity index (χ1) is 11.9. The van der Waals surface area contributed by atoms with Crippen LogP contribution in [0.25, 0.3) is 0 Å². The van der Waals surface area contributed by atoms with Crippen LogP contribution in [0.1, 0.15) is 43.2 Å². The van der Waals surface area contributed by atoms with Crippen molar-refractivity contribution in [3.05, 3.63) is 52.7 Å². The molecule has 0 bridgehead atoms. The van der Waals surface area contributed by atoms with E-state index in [9.17, 15) is 5.21 Å². The Morgan fingerprint density at radius 2 is 1.92 bits per heavy atom. The monoisotopic (exact) mass is 341 g/mol. The molecule has 0 aliphatic carbocycles. The molecule has 0 fully saturated rings. The van der Waals surface area contributed by atoms with E-state index >= 15 is 0 Å². The first-order valence-corrected chi connectivity index (χ1v) is 8.59. The first kappa shape index (κ1) is 18.8. The van der Waals surface area contributed by atoms with Crippen molar-refractivity contribution in [2.24, 2.45) is 5.16 Å². The Labute approximate surface area is 150 Å². The molecule has 0 aliphatic heterocycles. The number of nitrogens with zero attached hydrogens (tertiary/aromatic N) is 3. The van der Waals surface area contributed by atoms with Gasteiger partial charge in [-0.15, -0.1) is 0 Å². The van der Waals surface area contributed by atoms with Crippen LogP contribution in [-0.2, 0) is 0 Å². The Bertz CT molecular complexity index is 770. The Balaban J connectivity index is 2.50. The summed E-state index contributed by atoms with van der Waals surface area (Å²) in [6.07, 6.45) is 0. The van der Waals surface area contributed by atoms with Gasteiger partial charge < -0.3 is 14.8 Å². The average Bonchev–Trinajstić information content (AvgIpc) is 2.55. The lowest BCUT2D eigenvalue weighted by Gasteiger charge is -2.28. The minimum atomic E-state index is 0.186. The molecule has 0 aliphatic rings. The van der Waals surface area contributed by atoms with Crippen molar-refractivity contribution in [1.29, 1.82) is 0 Å². The van der Waals surface area contributed by atoms with E-state index in [1.807, 2.05) is 56.9 Å². The minimum Gasteiger partial charge on any atom is -0.438 e. The average molecular weight is 341 g/mol.